The Kier molecular flexibility index (Phi) is 10.2. The van der Waals surface area contributed by atoms with Crippen LogP contribution >= 0.6 is 0 Å². The lowest BCUT2D eigenvalue weighted by Crippen LogP contribution is -2.20. The summed E-state index contributed by atoms with van der Waals surface area (Å²) in [6.07, 6.45) is 2.19. The maximum Gasteiger partial charge on any atom is 0.0462 e. The number of nitrogens with zero attached hydrogens (tertiary/aromatic N) is 1. The molecule has 7 aromatic carbocycles. The van der Waals surface area contributed by atoms with E-state index in [4.69, 9.17) is 0 Å². The van der Waals surface area contributed by atoms with Gasteiger partial charge in [-0.05, 0) is 122 Å². The van der Waals surface area contributed by atoms with Gasteiger partial charge in [0.2, 0.25) is 0 Å². The van der Waals surface area contributed by atoms with Crippen LogP contribution in [0.25, 0.3) is 44.5 Å². The molecule has 0 aliphatic carbocycles. The molecule has 53 heavy (non-hydrogen) atoms. The van der Waals surface area contributed by atoms with Gasteiger partial charge in [0.05, 0.1) is 0 Å². The minimum absolute atomic E-state index is 0.109. The Morgan fingerprint density at radius 3 is 1.02 bits per heavy atom. The summed E-state index contributed by atoms with van der Waals surface area (Å²) in [5.41, 5.74) is 16.2. The fourth-order valence-corrected chi connectivity index (χ4v) is 6.98. The number of hydrogen-bond acceptors (Lipinski definition) is 1. The summed E-state index contributed by atoms with van der Waals surface area (Å²) in [7, 11) is 0. The fourth-order valence-electron chi connectivity index (χ4n) is 6.98. The summed E-state index contributed by atoms with van der Waals surface area (Å²) < 4.78 is 0. The van der Waals surface area contributed by atoms with Gasteiger partial charge in [-0.2, -0.15) is 0 Å². The Morgan fingerprint density at radius 1 is 0.321 bits per heavy atom. The van der Waals surface area contributed by atoms with E-state index in [1.54, 1.807) is 0 Å². The predicted molar refractivity (Wildman–Crippen MR) is 230 cm³/mol. The largest absolute Gasteiger partial charge is 0.311 e. The van der Waals surface area contributed by atoms with E-state index >= 15 is 0 Å². The molecule has 0 saturated carbocycles. The van der Waals surface area contributed by atoms with Crippen molar-refractivity contribution < 1.29 is 0 Å². The van der Waals surface area contributed by atoms with E-state index in [-0.39, 0.29) is 10.8 Å². The highest BCUT2D eigenvalue weighted by Crippen LogP contribution is 2.40. The average Bonchev–Trinajstić information content (AvgIpc) is 3.22. The Labute approximate surface area is 317 Å². The molecule has 0 aliphatic heterocycles. The molecule has 1 heteroatoms. The van der Waals surface area contributed by atoms with Gasteiger partial charge in [-0.25, -0.2) is 0 Å². The van der Waals surface area contributed by atoms with Crippen molar-refractivity contribution in [3.63, 3.8) is 0 Å². The van der Waals surface area contributed by atoms with E-state index in [0.717, 1.165) is 29.9 Å². The number of hydrogen-bond donors (Lipinski definition) is 0. The van der Waals surface area contributed by atoms with Gasteiger partial charge in [0, 0.05) is 17.1 Å². The average molecular weight is 690 g/mol. The lowest BCUT2D eigenvalue weighted by molar-refractivity contribution is 0.489. The normalized spacial score (nSPS) is 11.7. The van der Waals surface area contributed by atoms with E-state index < -0.39 is 0 Å². The Balaban J connectivity index is 1.24. The Bertz CT molecular complexity index is 2140. The van der Waals surface area contributed by atoms with Crippen LogP contribution in [0.5, 0.6) is 0 Å². The summed E-state index contributed by atoms with van der Waals surface area (Å²) in [5.74, 6) is 0. The first kappa shape index (κ1) is 35.7. The zero-order valence-electron chi connectivity index (χ0n) is 32.1. The first-order chi connectivity index (χ1) is 25.6. The molecule has 7 rings (SSSR count). The molecule has 0 aromatic heterocycles. The van der Waals surface area contributed by atoms with Crippen LogP contribution in [0.2, 0.25) is 0 Å². The minimum atomic E-state index is 0.109. The van der Waals surface area contributed by atoms with E-state index in [1.165, 1.54) is 55.6 Å². The molecule has 0 amide bonds. The summed E-state index contributed by atoms with van der Waals surface area (Å²) in [4.78, 5) is 2.35. The first-order valence-electron chi connectivity index (χ1n) is 19.1. The molecule has 0 saturated heterocycles. The van der Waals surface area contributed by atoms with Crippen LogP contribution in [-0.2, 0) is 10.8 Å². The highest BCUT2D eigenvalue weighted by Gasteiger charge is 2.25. The van der Waals surface area contributed by atoms with Crippen LogP contribution in [0.1, 0.15) is 65.5 Å². The van der Waals surface area contributed by atoms with Gasteiger partial charge in [0.25, 0.3) is 0 Å². The van der Waals surface area contributed by atoms with Crippen LogP contribution in [0.3, 0.4) is 0 Å². The summed E-state index contributed by atoms with van der Waals surface area (Å²) in [5, 5.41) is 0. The van der Waals surface area contributed by atoms with Crippen LogP contribution in [0, 0.1) is 0 Å². The highest BCUT2D eigenvalue weighted by atomic mass is 15.1. The quantitative estimate of drug-likeness (QED) is 0.131. The minimum Gasteiger partial charge on any atom is -0.311 e. The van der Waals surface area contributed by atoms with Crippen molar-refractivity contribution in [1.82, 2.24) is 0 Å². The first-order valence-corrected chi connectivity index (χ1v) is 19.1. The molecule has 0 unspecified atom stereocenters. The maximum absolute atomic E-state index is 2.45. The second-order valence-electron chi connectivity index (χ2n) is 15.6. The molecule has 0 radical (unpaired) electrons. The summed E-state index contributed by atoms with van der Waals surface area (Å²) >= 11 is 0. The topological polar surface area (TPSA) is 3.24 Å². The monoisotopic (exact) mass is 689 g/mol. The van der Waals surface area contributed by atoms with Crippen molar-refractivity contribution in [2.45, 2.75) is 65.2 Å². The van der Waals surface area contributed by atoms with Gasteiger partial charge in [-0.3, -0.25) is 0 Å². The van der Waals surface area contributed by atoms with Crippen LogP contribution < -0.4 is 4.90 Å². The predicted octanol–water partition coefficient (Wildman–Crippen LogP) is 15.2. The number of rotatable bonds is 11. The Hall–Kier alpha value is -5.66. The SMILES string of the molecule is CCC(C)(C)c1cc(-c2cccc(-c3ccc(N(c4ccc(-c5ccccc5)cc4)c4ccc(-c5ccccc5)cc4)cc3)c2)cc(C(C)(C)CC)c1. The zero-order chi connectivity index (χ0) is 37.0. The molecule has 0 aliphatic rings. The zero-order valence-corrected chi connectivity index (χ0v) is 32.1. The van der Waals surface area contributed by atoms with Crippen molar-refractivity contribution in [3.8, 4) is 44.5 Å². The molecule has 0 N–H and O–H groups in total. The third kappa shape index (κ3) is 7.76. The van der Waals surface area contributed by atoms with E-state index in [1.807, 2.05) is 0 Å². The van der Waals surface area contributed by atoms with Crippen molar-refractivity contribution in [2.75, 3.05) is 4.90 Å². The number of benzene rings is 7. The standard InChI is InChI=1S/C52H51N/c1-7-51(3,4)46-35-45(36-47(37-46)52(5,6)8-2)44-21-15-20-43(34-44)42-26-32-50(33-27-42)53(48-28-22-40(23-29-48)38-16-11-9-12-17-38)49-30-24-41(25-31-49)39-18-13-10-14-19-39/h9-37H,7-8H2,1-6H3. The van der Waals surface area contributed by atoms with Gasteiger partial charge in [-0.15, -0.1) is 0 Å². The fraction of sp³-hybridized carbons (Fsp3) is 0.192. The van der Waals surface area contributed by atoms with E-state index in [2.05, 4.69) is 222 Å². The molecular formula is C52H51N. The number of anilines is 3. The van der Waals surface area contributed by atoms with Crippen molar-refractivity contribution in [3.05, 3.63) is 187 Å². The maximum atomic E-state index is 2.45. The highest BCUT2D eigenvalue weighted by molar-refractivity contribution is 5.82. The van der Waals surface area contributed by atoms with Crippen molar-refractivity contribution in [1.29, 1.82) is 0 Å². The summed E-state index contributed by atoms with van der Waals surface area (Å²) in [6.45, 7) is 14.1. The molecule has 0 heterocycles. The molecule has 0 spiro atoms. The van der Waals surface area contributed by atoms with Gasteiger partial charge in [-0.1, -0.05) is 175 Å². The second kappa shape index (κ2) is 15.1. The van der Waals surface area contributed by atoms with Crippen LogP contribution in [0.4, 0.5) is 17.1 Å². The van der Waals surface area contributed by atoms with E-state index in [9.17, 15) is 0 Å². The van der Waals surface area contributed by atoms with Crippen LogP contribution in [-0.4, -0.2) is 0 Å². The lowest BCUT2D eigenvalue weighted by atomic mass is 9.75. The molecule has 1 nitrogen and oxygen atoms in total. The van der Waals surface area contributed by atoms with E-state index in [0.29, 0.717) is 0 Å². The third-order valence-electron chi connectivity index (χ3n) is 11.4. The molecule has 0 fully saturated rings. The molecular weight excluding hydrogens is 639 g/mol. The van der Waals surface area contributed by atoms with Crippen molar-refractivity contribution in [2.24, 2.45) is 0 Å². The van der Waals surface area contributed by atoms with Crippen LogP contribution in [0.15, 0.2) is 176 Å². The lowest BCUT2D eigenvalue weighted by Gasteiger charge is -2.30. The van der Waals surface area contributed by atoms with Gasteiger partial charge >= 0.3 is 0 Å². The molecule has 264 valence electrons. The van der Waals surface area contributed by atoms with Gasteiger partial charge in [0.15, 0.2) is 0 Å². The Morgan fingerprint density at radius 2 is 0.642 bits per heavy atom. The van der Waals surface area contributed by atoms with Gasteiger partial charge in [0.1, 0.15) is 0 Å². The molecule has 0 atom stereocenters. The molecule has 0 bridgehead atoms. The smallest absolute Gasteiger partial charge is 0.0462 e. The summed E-state index contributed by atoms with van der Waals surface area (Å²) in [6, 6.07) is 64.3. The molecule has 7 aromatic rings. The second-order valence-corrected chi connectivity index (χ2v) is 15.6. The van der Waals surface area contributed by atoms with Crippen molar-refractivity contribution >= 4 is 17.1 Å². The third-order valence-corrected chi connectivity index (χ3v) is 11.4. The van der Waals surface area contributed by atoms with Gasteiger partial charge < -0.3 is 4.90 Å².